The summed E-state index contributed by atoms with van der Waals surface area (Å²) in [5.74, 6) is -0.681. The average molecular weight is 294 g/mol. The van der Waals surface area contributed by atoms with E-state index in [-0.39, 0.29) is 0 Å². The number of unbranched alkanes of at least 4 members (excludes halogenated alkanes) is 6. The summed E-state index contributed by atoms with van der Waals surface area (Å²) >= 11 is 0. The van der Waals surface area contributed by atoms with Crippen molar-refractivity contribution < 1.29 is 14.6 Å². The van der Waals surface area contributed by atoms with E-state index < -0.39 is 5.97 Å². The third-order valence-corrected chi connectivity index (χ3v) is 3.77. The molecule has 21 heavy (non-hydrogen) atoms. The van der Waals surface area contributed by atoms with Crippen molar-refractivity contribution in [3.05, 3.63) is 24.3 Å². The molecule has 0 unspecified atom stereocenters. The highest BCUT2D eigenvalue weighted by Gasteiger charge is 2.35. The first-order valence-electron chi connectivity index (χ1n) is 8.44. The Morgan fingerprint density at radius 2 is 1.86 bits per heavy atom. The number of carboxylic acids is 1. The van der Waals surface area contributed by atoms with Gasteiger partial charge in [0.15, 0.2) is 0 Å². The fourth-order valence-electron chi connectivity index (χ4n) is 2.38. The number of carboxylic acid groups (broad SMARTS) is 1. The normalized spacial score (nSPS) is 21.4. The number of carbonyl (C=O) groups is 1. The minimum absolute atomic E-state index is 0.310. The van der Waals surface area contributed by atoms with Crippen molar-refractivity contribution in [2.75, 3.05) is 0 Å². The molecular formula is C18H30O3. The Labute approximate surface area is 129 Å². The topological polar surface area (TPSA) is 49.8 Å². The van der Waals surface area contributed by atoms with Crippen LogP contribution in [0.25, 0.3) is 0 Å². The van der Waals surface area contributed by atoms with E-state index in [1.165, 1.54) is 25.7 Å². The summed E-state index contributed by atoms with van der Waals surface area (Å²) in [6.07, 6.45) is 19.8. The maximum atomic E-state index is 10.4. The highest BCUT2D eigenvalue weighted by atomic mass is 16.6. The fourth-order valence-corrected chi connectivity index (χ4v) is 2.38. The van der Waals surface area contributed by atoms with Crippen LogP contribution in [0, 0.1) is 0 Å². The molecule has 1 saturated heterocycles. The quantitative estimate of drug-likeness (QED) is 0.299. The maximum absolute atomic E-state index is 10.4. The molecule has 1 N–H and O–H groups in total. The van der Waals surface area contributed by atoms with E-state index in [1.807, 2.05) is 0 Å². The molecule has 3 nitrogen and oxygen atoms in total. The molecule has 2 atom stereocenters. The Morgan fingerprint density at radius 1 is 1.10 bits per heavy atom. The lowest BCUT2D eigenvalue weighted by molar-refractivity contribution is -0.137. The molecule has 0 aromatic heterocycles. The van der Waals surface area contributed by atoms with E-state index in [4.69, 9.17) is 9.84 Å². The first-order valence-corrected chi connectivity index (χ1v) is 8.44. The molecule has 1 heterocycles. The van der Waals surface area contributed by atoms with Crippen LogP contribution in [0.1, 0.15) is 71.1 Å². The fraction of sp³-hybridized carbons (Fsp3) is 0.722. The number of hydrogen-bond donors (Lipinski definition) is 1. The largest absolute Gasteiger partial charge is 0.481 e. The average Bonchev–Trinajstić information content (AvgIpc) is 3.20. The van der Waals surface area contributed by atoms with Gasteiger partial charge in [-0.25, -0.2) is 0 Å². The van der Waals surface area contributed by atoms with Crippen molar-refractivity contribution in [3.8, 4) is 0 Å². The van der Waals surface area contributed by atoms with Gasteiger partial charge in [-0.05, 0) is 19.3 Å². The molecule has 120 valence electrons. The first kappa shape index (κ1) is 18.0. The molecule has 0 amide bonds. The number of allylic oxidation sites excluding steroid dienone is 3. The Bertz CT molecular complexity index is 333. The predicted octanol–water partition coefficient (Wildman–Crippen LogP) is 4.87. The molecule has 0 bridgehead atoms. The number of epoxide rings is 1. The van der Waals surface area contributed by atoms with Crippen molar-refractivity contribution in [1.82, 2.24) is 0 Å². The summed E-state index contributed by atoms with van der Waals surface area (Å²) in [6, 6.07) is 0. The van der Waals surface area contributed by atoms with E-state index in [1.54, 1.807) is 0 Å². The summed E-state index contributed by atoms with van der Waals surface area (Å²) in [7, 11) is 0. The van der Waals surface area contributed by atoms with Gasteiger partial charge in [0.1, 0.15) is 6.10 Å². The van der Waals surface area contributed by atoms with Crippen molar-refractivity contribution in [3.63, 3.8) is 0 Å². The third-order valence-electron chi connectivity index (χ3n) is 3.77. The number of hydrogen-bond acceptors (Lipinski definition) is 2. The second kappa shape index (κ2) is 11.6. The van der Waals surface area contributed by atoms with Crippen LogP contribution in [0.3, 0.4) is 0 Å². The summed E-state index contributed by atoms with van der Waals surface area (Å²) in [4.78, 5) is 10.4. The molecular weight excluding hydrogens is 264 g/mol. The van der Waals surface area contributed by atoms with Crippen molar-refractivity contribution >= 4 is 5.97 Å². The Kier molecular flexibility index (Phi) is 9.88. The standard InChI is InChI=1S/C18H30O3/c1-2-3-4-5-7-10-13-16-17(21-16)14-11-8-6-9-12-15-18(19)20/h5,7,10,13,16-17H,2-4,6,8-9,11-12,14-15H2,1H3,(H,19,20)/b7-5+,13-10+/t16-,17-/m1/s1. The van der Waals surface area contributed by atoms with Crippen LogP contribution in [0.15, 0.2) is 24.3 Å². The molecule has 0 spiro atoms. The van der Waals surface area contributed by atoms with Gasteiger partial charge in [0.2, 0.25) is 0 Å². The minimum atomic E-state index is -0.681. The van der Waals surface area contributed by atoms with Gasteiger partial charge in [-0.2, -0.15) is 0 Å². The zero-order chi connectivity index (χ0) is 15.3. The number of rotatable bonds is 13. The first-order chi connectivity index (χ1) is 10.2. The molecule has 0 radical (unpaired) electrons. The predicted molar refractivity (Wildman–Crippen MR) is 86.4 cm³/mol. The van der Waals surface area contributed by atoms with Gasteiger partial charge in [0, 0.05) is 6.42 Å². The molecule has 0 saturated carbocycles. The van der Waals surface area contributed by atoms with E-state index >= 15 is 0 Å². The SMILES string of the molecule is CCCC/C=C/C=C/[C@H]1O[C@@H]1CCCCCCCC(=O)O. The monoisotopic (exact) mass is 294 g/mol. The molecule has 1 aliphatic heterocycles. The van der Waals surface area contributed by atoms with Gasteiger partial charge in [0.05, 0.1) is 6.10 Å². The highest BCUT2D eigenvalue weighted by Crippen LogP contribution is 2.28. The van der Waals surface area contributed by atoms with Crippen LogP contribution in [0.5, 0.6) is 0 Å². The van der Waals surface area contributed by atoms with Gasteiger partial charge in [-0.1, -0.05) is 69.8 Å². The minimum Gasteiger partial charge on any atom is -0.481 e. The van der Waals surface area contributed by atoms with Crippen LogP contribution in [-0.4, -0.2) is 23.3 Å². The van der Waals surface area contributed by atoms with Crippen molar-refractivity contribution in [2.45, 2.75) is 83.3 Å². The van der Waals surface area contributed by atoms with Gasteiger partial charge in [0.25, 0.3) is 0 Å². The summed E-state index contributed by atoms with van der Waals surface area (Å²) in [6.45, 7) is 2.21. The third kappa shape index (κ3) is 10.3. The van der Waals surface area contributed by atoms with Crippen LogP contribution in [0.2, 0.25) is 0 Å². The second-order valence-electron chi connectivity index (χ2n) is 5.79. The van der Waals surface area contributed by atoms with E-state index in [2.05, 4.69) is 31.2 Å². The maximum Gasteiger partial charge on any atom is 0.303 e. The van der Waals surface area contributed by atoms with Gasteiger partial charge >= 0.3 is 5.97 Å². The summed E-state index contributed by atoms with van der Waals surface area (Å²) in [5, 5.41) is 8.53. The van der Waals surface area contributed by atoms with E-state index in [0.717, 1.165) is 32.1 Å². The lowest BCUT2D eigenvalue weighted by atomic mass is 10.1. The summed E-state index contributed by atoms with van der Waals surface area (Å²) in [5.41, 5.74) is 0. The Hall–Kier alpha value is -1.09. The van der Waals surface area contributed by atoms with Gasteiger partial charge in [-0.3, -0.25) is 4.79 Å². The van der Waals surface area contributed by atoms with Gasteiger partial charge < -0.3 is 9.84 Å². The zero-order valence-electron chi connectivity index (χ0n) is 13.3. The van der Waals surface area contributed by atoms with Crippen molar-refractivity contribution in [2.24, 2.45) is 0 Å². The van der Waals surface area contributed by atoms with Crippen LogP contribution < -0.4 is 0 Å². The van der Waals surface area contributed by atoms with Crippen LogP contribution in [-0.2, 0) is 9.53 Å². The smallest absolute Gasteiger partial charge is 0.303 e. The second-order valence-corrected chi connectivity index (χ2v) is 5.79. The lowest BCUT2D eigenvalue weighted by Gasteiger charge is -1.98. The van der Waals surface area contributed by atoms with E-state index in [9.17, 15) is 4.79 Å². The molecule has 1 rings (SSSR count). The van der Waals surface area contributed by atoms with Crippen LogP contribution in [0.4, 0.5) is 0 Å². The zero-order valence-corrected chi connectivity index (χ0v) is 13.3. The molecule has 0 aromatic rings. The number of aliphatic carboxylic acids is 1. The molecule has 1 aliphatic rings. The highest BCUT2D eigenvalue weighted by molar-refractivity contribution is 5.66. The molecule has 0 aromatic carbocycles. The van der Waals surface area contributed by atoms with Crippen LogP contribution >= 0.6 is 0 Å². The van der Waals surface area contributed by atoms with Crippen molar-refractivity contribution in [1.29, 1.82) is 0 Å². The number of ether oxygens (including phenoxy) is 1. The van der Waals surface area contributed by atoms with E-state index in [0.29, 0.717) is 18.6 Å². The molecule has 3 heteroatoms. The summed E-state index contributed by atoms with van der Waals surface area (Å²) < 4.78 is 5.61. The Morgan fingerprint density at radius 3 is 2.62 bits per heavy atom. The lowest BCUT2D eigenvalue weighted by Crippen LogP contribution is -1.94. The van der Waals surface area contributed by atoms with Gasteiger partial charge in [-0.15, -0.1) is 0 Å². The Balaban J connectivity index is 1.89. The molecule has 1 fully saturated rings. The molecule has 0 aliphatic carbocycles.